The van der Waals surface area contributed by atoms with Crippen LogP contribution in [-0.4, -0.2) is 49.2 Å². The molecular weight excluding hydrogens is 288 g/mol. The average molecular weight is 304 g/mol. The summed E-state index contributed by atoms with van der Waals surface area (Å²) >= 11 is 0. The third-order valence-corrected chi connectivity index (χ3v) is 3.75. The van der Waals surface area contributed by atoms with Crippen LogP contribution in [0.25, 0.3) is 11.5 Å². The van der Waals surface area contributed by atoms with Gasteiger partial charge in [0, 0.05) is 19.8 Å². The molecule has 0 bridgehead atoms. The minimum atomic E-state index is -0.987. The number of oxazole rings is 1. The van der Waals surface area contributed by atoms with E-state index in [9.17, 15) is 14.7 Å². The Morgan fingerprint density at radius 1 is 1.45 bits per heavy atom. The standard InChI is InChI=1S/C14H16N4O4/c1-8-11(13(19)18-5-3-4-10(18)14(20)21)16-12(22-8)9-6-15-17(2)7-9/h6-7,10H,3-5H2,1-2H3,(H,20,21)/t10-/m1/s1. The molecule has 0 radical (unpaired) electrons. The Morgan fingerprint density at radius 2 is 2.23 bits per heavy atom. The second-order valence-corrected chi connectivity index (χ2v) is 5.32. The van der Waals surface area contributed by atoms with Gasteiger partial charge in [-0.2, -0.15) is 5.10 Å². The highest BCUT2D eigenvalue weighted by Gasteiger charge is 2.36. The molecule has 22 heavy (non-hydrogen) atoms. The van der Waals surface area contributed by atoms with E-state index in [4.69, 9.17) is 4.42 Å². The first-order chi connectivity index (χ1) is 10.5. The van der Waals surface area contributed by atoms with Crippen molar-refractivity contribution in [1.82, 2.24) is 19.7 Å². The number of hydrogen-bond donors (Lipinski definition) is 1. The predicted octanol–water partition coefficient (Wildman–Crippen LogP) is 1.07. The van der Waals surface area contributed by atoms with Crippen LogP contribution < -0.4 is 0 Å². The zero-order chi connectivity index (χ0) is 15.9. The largest absolute Gasteiger partial charge is 0.480 e. The number of carboxylic acid groups (broad SMARTS) is 1. The van der Waals surface area contributed by atoms with Crippen molar-refractivity contribution in [2.45, 2.75) is 25.8 Å². The molecule has 8 heteroatoms. The van der Waals surface area contributed by atoms with Crippen molar-refractivity contribution in [3.63, 3.8) is 0 Å². The Balaban J connectivity index is 1.90. The fourth-order valence-electron chi connectivity index (χ4n) is 2.65. The zero-order valence-electron chi connectivity index (χ0n) is 12.3. The minimum Gasteiger partial charge on any atom is -0.480 e. The van der Waals surface area contributed by atoms with Gasteiger partial charge in [-0.05, 0) is 19.8 Å². The van der Waals surface area contributed by atoms with Gasteiger partial charge in [0.05, 0.1) is 11.8 Å². The predicted molar refractivity (Wildman–Crippen MR) is 75.1 cm³/mol. The fraction of sp³-hybridized carbons (Fsp3) is 0.429. The third kappa shape index (κ3) is 2.36. The van der Waals surface area contributed by atoms with E-state index in [0.29, 0.717) is 36.6 Å². The highest BCUT2D eigenvalue weighted by atomic mass is 16.4. The summed E-state index contributed by atoms with van der Waals surface area (Å²) in [6, 6.07) is -0.787. The molecule has 8 nitrogen and oxygen atoms in total. The summed E-state index contributed by atoms with van der Waals surface area (Å²) in [4.78, 5) is 29.3. The topological polar surface area (TPSA) is 101 Å². The number of aliphatic carboxylic acids is 1. The highest BCUT2D eigenvalue weighted by Crippen LogP contribution is 2.25. The van der Waals surface area contributed by atoms with Gasteiger partial charge in [0.15, 0.2) is 5.69 Å². The van der Waals surface area contributed by atoms with E-state index in [0.717, 1.165) is 0 Å². The first-order valence-electron chi connectivity index (χ1n) is 6.97. The first-order valence-corrected chi connectivity index (χ1v) is 6.97. The summed E-state index contributed by atoms with van der Waals surface area (Å²) in [5, 5.41) is 13.2. The van der Waals surface area contributed by atoms with Crippen LogP contribution in [0.15, 0.2) is 16.8 Å². The summed E-state index contributed by atoms with van der Waals surface area (Å²) < 4.78 is 7.14. The second kappa shape index (κ2) is 5.28. The molecule has 0 saturated carbocycles. The van der Waals surface area contributed by atoms with Gasteiger partial charge < -0.3 is 14.4 Å². The molecular formula is C14H16N4O4. The van der Waals surface area contributed by atoms with Crippen LogP contribution in [0.4, 0.5) is 0 Å². The normalized spacial score (nSPS) is 17.9. The molecule has 2 aromatic rings. The summed E-state index contributed by atoms with van der Waals surface area (Å²) in [5.74, 6) is -0.708. The van der Waals surface area contributed by atoms with Crippen molar-refractivity contribution in [2.24, 2.45) is 7.05 Å². The van der Waals surface area contributed by atoms with Gasteiger partial charge in [-0.1, -0.05) is 0 Å². The molecule has 1 aliphatic rings. The monoisotopic (exact) mass is 304 g/mol. The Labute approximate surface area is 126 Å². The molecule has 1 amide bonds. The van der Waals surface area contributed by atoms with E-state index in [1.54, 1.807) is 31.0 Å². The number of carbonyl (C=O) groups excluding carboxylic acids is 1. The van der Waals surface area contributed by atoms with Gasteiger partial charge in [-0.25, -0.2) is 9.78 Å². The Kier molecular flexibility index (Phi) is 3.44. The van der Waals surface area contributed by atoms with E-state index in [2.05, 4.69) is 10.1 Å². The summed E-state index contributed by atoms with van der Waals surface area (Å²) in [7, 11) is 1.77. The lowest BCUT2D eigenvalue weighted by atomic mass is 10.2. The smallest absolute Gasteiger partial charge is 0.326 e. The SMILES string of the molecule is Cc1oc(-c2cnn(C)c2)nc1C(=O)N1CCC[C@@H]1C(=O)O. The van der Waals surface area contributed by atoms with Crippen molar-refractivity contribution >= 4 is 11.9 Å². The Bertz CT molecular complexity index is 733. The summed E-state index contributed by atoms with van der Waals surface area (Å²) in [6.07, 6.45) is 4.47. The lowest BCUT2D eigenvalue weighted by Crippen LogP contribution is -2.40. The Morgan fingerprint density at radius 3 is 2.86 bits per heavy atom. The maximum Gasteiger partial charge on any atom is 0.326 e. The molecule has 1 N–H and O–H groups in total. The van der Waals surface area contributed by atoms with Crippen LogP contribution in [0.1, 0.15) is 29.1 Å². The number of amides is 1. The number of rotatable bonds is 3. The Hall–Kier alpha value is -2.64. The lowest BCUT2D eigenvalue weighted by Gasteiger charge is -2.20. The molecule has 1 aliphatic heterocycles. The van der Waals surface area contributed by atoms with E-state index >= 15 is 0 Å². The van der Waals surface area contributed by atoms with Crippen molar-refractivity contribution in [1.29, 1.82) is 0 Å². The van der Waals surface area contributed by atoms with E-state index < -0.39 is 17.9 Å². The molecule has 0 aromatic carbocycles. The molecule has 3 heterocycles. The molecule has 1 saturated heterocycles. The van der Waals surface area contributed by atoms with Crippen molar-refractivity contribution in [3.05, 3.63) is 23.8 Å². The molecule has 0 spiro atoms. The van der Waals surface area contributed by atoms with E-state index in [1.165, 1.54) is 4.90 Å². The average Bonchev–Trinajstić information content (AvgIpc) is 3.16. The molecule has 1 fully saturated rings. The van der Waals surface area contributed by atoms with E-state index in [-0.39, 0.29) is 5.69 Å². The van der Waals surface area contributed by atoms with Gasteiger partial charge >= 0.3 is 5.97 Å². The number of carbonyl (C=O) groups is 2. The van der Waals surface area contributed by atoms with Gasteiger partial charge in [-0.3, -0.25) is 9.48 Å². The van der Waals surface area contributed by atoms with Gasteiger partial charge in [0.25, 0.3) is 5.91 Å². The van der Waals surface area contributed by atoms with Gasteiger partial charge in [0.2, 0.25) is 5.89 Å². The van der Waals surface area contributed by atoms with Crippen LogP contribution >= 0.6 is 0 Å². The van der Waals surface area contributed by atoms with Crippen molar-refractivity contribution in [2.75, 3.05) is 6.54 Å². The van der Waals surface area contributed by atoms with Crippen LogP contribution in [0.5, 0.6) is 0 Å². The van der Waals surface area contributed by atoms with E-state index in [1.807, 2.05) is 0 Å². The molecule has 0 aliphatic carbocycles. The third-order valence-electron chi connectivity index (χ3n) is 3.75. The zero-order valence-corrected chi connectivity index (χ0v) is 12.3. The molecule has 2 aromatic heterocycles. The first kappa shape index (κ1) is 14.3. The number of aromatic nitrogens is 3. The van der Waals surface area contributed by atoms with Crippen LogP contribution in [0.2, 0.25) is 0 Å². The number of aryl methyl sites for hydroxylation is 2. The maximum absolute atomic E-state index is 12.6. The highest BCUT2D eigenvalue weighted by molar-refractivity contribution is 5.96. The minimum absolute atomic E-state index is 0.159. The van der Waals surface area contributed by atoms with Gasteiger partial charge in [0.1, 0.15) is 11.8 Å². The van der Waals surface area contributed by atoms with Crippen LogP contribution in [0, 0.1) is 6.92 Å². The second-order valence-electron chi connectivity index (χ2n) is 5.32. The quantitative estimate of drug-likeness (QED) is 0.910. The molecule has 116 valence electrons. The van der Waals surface area contributed by atoms with Gasteiger partial charge in [-0.15, -0.1) is 0 Å². The fourth-order valence-corrected chi connectivity index (χ4v) is 2.65. The lowest BCUT2D eigenvalue weighted by molar-refractivity contribution is -0.141. The number of carboxylic acids is 1. The van der Waals surface area contributed by atoms with Crippen LogP contribution in [0.3, 0.4) is 0 Å². The molecule has 1 atom stereocenters. The van der Waals surface area contributed by atoms with Crippen molar-refractivity contribution in [3.8, 4) is 11.5 Å². The number of nitrogens with zero attached hydrogens (tertiary/aromatic N) is 4. The summed E-state index contributed by atoms with van der Waals surface area (Å²) in [5.41, 5.74) is 0.827. The number of likely N-dealkylation sites (tertiary alicyclic amines) is 1. The van der Waals surface area contributed by atoms with Crippen LogP contribution in [-0.2, 0) is 11.8 Å². The number of hydrogen-bond acceptors (Lipinski definition) is 5. The molecule has 3 rings (SSSR count). The summed E-state index contributed by atoms with van der Waals surface area (Å²) in [6.45, 7) is 2.07. The van der Waals surface area contributed by atoms with Crippen molar-refractivity contribution < 1.29 is 19.1 Å². The maximum atomic E-state index is 12.6. The molecule has 0 unspecified atom stereocenters.